The third kappa shape index (κ3) is 3.79. The van der Waals surface area contributed by atoms with E-state index in [1.165, 1.54) is 11.1 Å². The average molecular weight is 545 g/mol. The van der Waals surface area contributed by atoms with E-state index in [1.807, 2.05) is 6.08 Å². The Kier molecular flexibility index (Phi) is 6.62. The number of carbonyl (C=O) groups is 1. The van der Waals surface area contributed by atoms with Gasteiger partial charge in [0.15, 0.2) is 12.1 Å². The highest BCUT2D eigenvalue weighted by molar-refractivity contribution is 5.95. The fourth-order valence-electron chi connectivity index (χ4n) is 10.6. The lowest BCUT2D eigenvalue weighted by Gasteiger charge is -2.69. The Morgan fingerprint density at radius 3 is 2.41 bits per heavy atom. The summed E-state index contributed by atoms with van der Waals surface area (Å²) in [5, 5.41) is 40.8. The number of aliphatic hydroxyl groups is 4. The monoisotopic (exact) mass is 544 g/mol. The van der Waals surface area contributed by atoms with E-state index < -0.39 is 37.3 Å². The number of allylic oxidation sites excluding steroid dienone is 4. The van der Waals surface area contributed by atoms with Crippen LogP contribution in [0.15, 0.2) is 23.3 Å². The lowest BCUT2D eigenvalue weighted by Crippen LogP contribution is -2.65. The summed E-state index contributed by atoms with van der Waals surface area (Å²) in [4.78, 5) is 12.3. The summed E-state index contributed by atoms with van der Waals surface area (Å²) in [6.07, 6.45) is 6.04. The maximum absolute atomic E-state index is 12.3. The van der Waals surface area contributed by atoms with Crippen molar-refractivity contribution in [2.45, 2.75) is 123 Å². The quantitative estimate of drug-likeness (QED) is 0.401. The minimum Gasteiger partial charge on any atom is -0.394 e. The molecule has 0 radical (unpaired) electrons. The van der Waals surface area contributed by atoms with E-state index in [-0.39, 0.29) is 27.8 Å². The summed E-state index contributed by atoms with van der Waals surface area (Å²) in [6.45, 7) is 11.6. The molecule has 0 amide bonds. The molecule has 4 N–H and O–H groups in total. The van der Waals surface area contributed by atoms with E-state index in [4.69, 9.17) is 9.47 Å². The molecule has 0 bridgehead atoms. The Bertz CT molecular complexity index is 1080. The highest BCUT2D eigenvalue weighted by Crippen LogP contribution is 2.74. The maximum Gasteiger partial charge on any atom is 0.186 e. The fourth-order valence-corrected chi connectivity index (χ4v) is 10.6. The second kappa shape index (κ2) is 9.20. The van der Waals surface area contributed by atoms with Crippen LogP contribution in [-0.2, 0) is 14.3 Å². The van der Waals surface area contributed by atoms with Gasteiger partial charge in [0.05, 0.1) is 12.7 Å². The summed E-state index contributed by atoms with van der Waals surface area (Å²) < 4.78 is 12.2. The van der Waals surface area contributed by atoms with Crippen LogP contribution in [0.2, 0.25) is 0 Å². The summed E-state index contributed by atoms with van der Waals surface area (Å²) >= 11 is 0. The van der Waals surface area contributed by atoms with E-state index in [0.717, 1.165) is 44.9 Å². The van der Waals surface area contributed by atoms with Gasteiger partial charge in [-0.15, -0.1) is 0 Å². The predicted molar refractivity (Wildman–Crippen MR) is 145 cm³/mol. The SMILES string of the molecule is CC1(C)C2CC[C@]3(C)C(CC=C4C5=CC(=O)CC5CC[C@]43C)[C@@]2(C)CC[C@@H]1O[C@@H]1O[C@H](CO)[C@@H](O)[C@H](O)[C@H]1O. The van der Waals surface area contributed by atoms with Gasteiger partial charge in [-0.05, 0) is 102 Å². The molecule has 0 spiro atoms. The lowest BCUT2D eigenvalue weighted by atomic mass is 9.35. The van der Waals surface area contributed by atoms with Crippen LogP contribution in [0.5, 0.6) is 0 Å². The van der Waals surface area contributed by atoms with Crippen LogP contribution in [-0.4, -0.2) is 69.6 Å². The summed E-state index contributed by atoms with van der Waals surface area (Å²) in [7, 11) is 0. The number of hydrogen-bond acceptors (Lipinski definition) is 7. The van der Waals surface area contributed by atoms with Gasteiger partial charge < -0.3 is 29.9 Å². The Morgan fingerprint density at radius 2 is 1.69 bits per heavy atom. The first-order valence-electron chi connectivity index (χ1n) is 15.2. The number of carbonyl (C=O) groups excluding carboxylic acids is 1. The largest absolute Gasteiger partial charge is 0.394 e. The van der Waals surface area contributed by atoms with Gasteiger partial charge in [-0.2, -0.15) is 0 Å². The lowest BCUT2D eigenvalue weighted by molar-refractivity contribution is -0.330. The van der Waals surface area contributed by atoms with E-state index in [0.29, 0.717) is 30.0 Å². The molecule has 6 rings (SSSR count). The zero-order valence-electron chi connectivity index (χ0n) is 24.2. The van der Waals surface area contributed by atoms with Crippen molar-refractivity contribution < 1.29 is 34.7 Å². The number of aliphatic hydroxyl groups excluding tert-OH is 4. The van der Waals surface area contributed by atoms with E-state index >= 15 is 0 Å². The van der Waals surface area contributed by atoms with Gasteiger partial charge in [0.1, 0.15) is 24.4 Å². The van der Waals surface area contributed by atoms with Crippen LogP contribution in [0, 0.1) is 39.4 Å². The van der Waals surface area contributed by atoms with Gasteiger partial charge in [0.25, 0.3) is 0 Å². The molecule has 7 heteroatoms. The Balaban J connectivity index is 1.27. The molecule has 0 aromatic rings. The van der Waals surface area contributed by atoms with Crippen LogP contribution in [0.25, 0.3) is 0 Å². The van der Waals surface area contributed by atoms with Crippen molar-refractivity contribution in [1.82, 2.24) is 0 Å². The molecule has 1 saturated heterocycles. The van der Waals surface area contributed by atoms with Crippen molar-refractivity contribution >= 4 is 5.78 Å². The molecular formula is C32H48O7. The zero-order valence-corrected chi connectivity index (χ0v) is 24.2. The molecule has 1 aliphatic heterocycles. The highest BCUT2D eigenvalue weighted by atomic mass is 16.7. The van der Waals surface area contributed by atoms with Gasteiger partial charge in [-0.1, -0.05) is 40.7 Å². The van der Waals surface area contributed by atoms with Crippen molar-refractivity contribution in [3.8, 4) is 0 Å². The molecule has 5 aliphatic carbocycles. The highest BCUT2D eigenvalue weighted by Gasteiger charge is 2.67. The first kappa shape index (κ1) is 28.0. The van der Waals surface area contributed by atoms with Crippen molar-refractivity contribution in [3.05, 3.63) is 23.3 Å². The standard InChI is InChI=1S/C32H48O7/c1-29(2)22-9-13-32(5)23(7-6-20-19-15-18(34)14-17(19)8-12-31(20,32)4)30(22,3)11-10-24(29)39-28-27(37)26(36)25(35)21(16-33)38-28/h6,15,17,21-28,33,35-37H,7-14,16H2,1-5H3/t17?,21-,22?,23?,24+,25-,26+,27-,28+,30+,31-,32-/m1/s1. The fraction of sp³-hybridized carbons (Fsp3) is 0.844. The zero-order chi connectivity index (χ0) is 28.1. The average Bonchev–Trinajstić information content (AvgIpc) is 3.26. The first-order chi connectivity index (χ1) is 18.3. The van der Waals surface area contributed by atoms with Gasteiger partial charge in [0.2, 0.25) is 0 Å². The smallest absolute Gasteiger partial charge is 0.186 e. The molecule has 39 heavy (non-hydrogen) atoms. The van der Waals surface area contributed by atoms with Gasteiger partial charge in [-0.3, -0.25) is 4.79 Å². The first-order valence-corrected chi connectivity index (χ1v) is 15.2. The van der Waals surface area contributed by atoms with Crippen molar-refractivity contribution in [1.29, 1.82) is 0 Å². The number of fused-ring (bicyclic) bond motifs is 7. The Labute approximate surface area is 232 Å². The van der Waals surface area contributed by atoms with Crippen molar-refractivity contribution in [3.63, 3.8) is 0 Å². The van der Waals surface area contributed by atoms with Crippen molar-refractivity contribution in [2.24, 2.45) is 39.4 Å². The van der Waals surface area contributed by atoms with E-state index in [2.05, 4.69) is 40.7 Å². The molecule has 3 unspecified atom stereocenters. The Morgan fingerprint density at radius 1 is 0.949 bits per heavy atom. The van der Waals surface area contributed by atoms with Crippen LogP contribution in [0.3, 0.4) is 0 Å². The minimum atomic E-state index is -1.43. The molecule has 6 aliphatic rings. The van der Waals surface area contributed by atoms with Gasteiger partial charge in [-0.25, -0.2) is 0 Å². The summed E-state index contributed by atoms with van der Waals surface area (Å²) in [5.41, 5.74) is 2.94. The Hall–Kier alpha value is -1.09. The summed E-state index contributed by atoms with van der Waals surface area (Å²) in [6, 6.07) is 0. The number of ether oxygens (including phenoxy) is 2. The summed E-state index contributed by atoms with van der Waals surface area (Å²) in [5.74, 6) is 1.65. The topological polar surface area (TPSA) is 116 Å². The van der Waals surface area contributed by atoms with Crippen molar-refractivity contribution in [2.75, 3.05) is 6.61 Å². The number of ketones is 1. The molecule has 0 aromatic heterocycles. The van der Waals surface area contributed by atoms with Gasteiger partial charge in [0, 0.05) is 6.42 Å². The third-order valence-electron chi connectivity index (χ3n) is 13.1. The van der Waals surface area contributed by atoms with Crippen LogP contribution in [0.4, 0.5) is 0 Å². The molecule has 1 heterocycles. The molecular weight excluding hydrogens is 496 g/mol. The van der Waals surface area contributed by atoms with E-state index in [1.54, 1.807) is 0 Å². The van der Waals surface area contributed by atoms with Gasteiger partial charge >= 0.3 is 0 Å². The second-order valence-electron chi connectivity index (χ2n) is 14.9. The number of hydrogen-bond donors (Lipinski definition) is 4. The molecule has 3 saturated carbocycles. The predicted octanol–water partition coefficient (Wildman–Crippen LogP) is 3.68. The molecule has 0 aromatic carbocycles. The minimum absolute atomic E-state index is 0.0741. The molecule has 4 fully saturated rings. The van der Waals surface area contributed by atoms with Crippen LogP contribution in [0.1, 0.15) is 86.0 Å². The third-order valence-corrected chi connectivity index (χ3v) is 13.1. The second-order valence-corrected chi connectivity index (χ2v) is 14.9. The molecule has 12 atom stereocenters. The van der Waals surface area contributed by atoms with Crippen LogP contribution < -0.4 is 0 Å². The van der Waals surface area contributed by atoms with E-state index in [9.17, 15) is 25.2 Å². The van der Waals surface area contributed by atoms with Crippen LogP contribution >= 0.6 is 0 Å². The maximum atomic E-state index is 12.3. The normalized spacial score (nSPS) is 52.6. The molecule has 218 valence electrons. The number of rotatable bonds is 3. The molecule has 7 nitrogen and oxygen atoms in total.